The number of hydrogen-bond acceptors (Lipinski definition) is 3. The van der Waals surface area contributed by atoms with E-state index >= 15 is 0 Å². The van der Waals surface area contributed by atoms with Gasteiger partial charge in [-0.2, -0.15) is 0 Å². The smallest absolute Gasteiger partial charge is 0.163 e. The second kappa shape index (κ2) is 8.33. The lowest BCUT2D eigenvalue weighted by atomic mass is 9.98. The number of rotatable bonds is 4. The van der Waals surface area contributed by atoms with Crippen molar-refractivity contribution in [2.24, 2.45) is 0 Å². The molecule has 0 radical (unpaired) electrons. The zero-order chi connectivity index (χ0) is 21.0. The van der Waals surface area contributed by atoms with Crippen molar-refractivity contribution < 1.29 is 0 Å². The minimum absolute atomic E-state index is 0.687. The summed E-state index contributed by atoms with van der Waals surface area (Å²) in [5, 5.41) is 0. The molecule has 0 aliphatic heterocycles. The van der Waals surface area contributed by atoms with Crippen LogP contribution in [-0.4, -0.2) is 15.0 Å². The number of hydrogen-bond donors (Lipinski definition) is 0. The van der Waals surface area contributed by atoms with Crippen LogP contribution in [0.3, 0.4) is 0 Å². The highest BCUT2D eigenvalue weighted by molar-refractivity contribution is 5.75. The molecule has 0 amide bonds. The van der Waals surface area contributed by atoms with Gasteiger partial charge in [0.2, 0.25) is 0 Å². The lowest BCUT2D eigenvalue weighted by molar-refractivity contribution is 0.992. The molecule has 1 aromatic heterocycles. The molecule has 1 heterocycles. The number of nitrogens with zero attached hydrogens (tertiary/aromatic N) is 3. The third-order valence-electron chi connectivity index (χ3n) is 5.20. The van der Waals surface area contributed by atoms with E-state index in [-0.39, 0.29) is 0 Å². The molecule has 4 aromatic carbocycles. The van der Waals surface area contributed by atoms with Crippen molar-refractivity contribution in [2.45, 2.75) is 6.92 Å². The largest absolute Gasteiger partial charge is 0.213 e. The van der Waals surface area contributed by atoms with E-state index in [1.54, 1.807) is 0 Å². The zero-order valence-corrected chi connectivity index (χ0v) is 17.2. The predicted octanol–water partition coefficient (Wildman–Crippen LogP) is 6.85. The highest BCUT2D eigenvalue weighted by Gasteiger charge is 2.10. The molecule has 3 nitrogen and oxygen atoms in total. The fourth-order valence-electron chi connectivity index (χ4n) is 3.67. The van der Waals surface area contributed by atoms with E-state index in [1.165, 1.54) is 11.1 Å². The van der Waals surface area contributed by atoms with Gasteiger partial charge in [-0.05, 0) is 41.3 Å². The van der Waals surface area contributed by atoms with Gasteiger partial charge in [0, 0.05) is 11.1 Å². The molecule has 3 heteroatoms. The maximum atomic E-state index is 4.75. The summed E-state index contributed by atoms with van der Waals surface area (Å²) in [6.45, 7) is 1.91. The molecular formula is C28H21N3. The summed E-state index contributed by atoms with van der Waals surface area (Å²) >= 11 is 0. The molecule has 0 aliphatic carbocycles. The summed E-state index contributed by atoms with van der Waals surface area (Å²) in [6, 6.07) is 37.4. The lowest BCUT2D eigenvalue weighted by Crippen LogP contribution is -1.99. The van der Waals surface area contributed by atoms with Crippen molar-refractivity contribution in [3.63, 3.8) is 0 Å². The average Bonchev–Trinajstić information content (AvgIpc) is 2.85. The van der Waals surface area contributed by atoms with Gasteiger partial charge in [0.05, 0.1) is 0 Å². The second-order valence-electron chi connectivity index (χ2n) is 7.42. The molecule has 0 bridgehead atoms. The fourth-order valence-corrected chi connectivity index (χ4v) is 3.67. The number of benzene rings is 4. The zero-order valence-electron chi connectivity index (χ0n) is 17.2. The van der Waals surface area contributed by atoms with Crippen LogP contribution in [0.2, 0.25) is 0 Å². The molecule has 5 aromatic rings. The van der Waals surface area contributed by atoms with Crippen molar-refractivity contribution in [1.29, 1.82) is 0 Å². The molecule has 148 valence electrons. The van der Waals surface area contributed by atoms with Crippen LogP contribution in [0.1, 0.15) is 5.82 Å². The van der Waals surface area contributed by atoms with Crippen LogP contribution in [0, 0.1) is 6.92 Å². The van der Waals surface area contributed by atoms with Crippen LogP contribution in [0.4, 0.5) is 0 Å². The van der Waals surface area contributed by atoms with Crippen LogP contribution < -0.4 is 0 Å². The van der Waals surface area contributed by atoms with Gasteiger partial charge in [0.1, 0.15) is 5.82 Å². The van der Waals surface area contributed by atoms with E-state index in [1.807, 2.05) is 49.4 Å². The Bertz CT molecular complexity index is 1330. The Labute approximate surface area is 182 Å². The summed E-state index contributed by atoms with van der Waals surface area (Å²) in [5.74, 6) is 2.09. The topological polar surface area (TPSA) is 38.7 Å². The molecule has 0 unspecified atom stereocenters. The van der Waals surface area contributed by atoms with Crippen LogP contribution in [0.5, 0.6) is 0 Å². The summed E-state index contributed by atoms with van der Waals surface area (Å²) in [7, 11) is 0. The van der Waals surface area contributed by atoms with Gasteiger partial charge >= 0.3 is 0 Å². The van der Waals surface area contributed by atoms with Crippen LogP contribution in [-0.2, 0) is 0 Å². The quantitative estimate of drug-likeness (QED) is 0.332. The third-order valence-corrected chi connectivity index (χ3v) is 5.20. The van der Waals surface area contributed by atoms with Gasteiger partial charge in [-0.1, -0.05) is 97.1 Å². The van der Waals surface area contributed by atoms with E-state index in [2.05, 4.69) is 76.7 Å². The highest BCUT2D eigenvalue weighted by Crippen LogP contribution is 2.29. The Hall–Kier alpha value is -4.11. The summed E-state index contributed by atoms with van der Waals surface area (Å²) in [5.41, 5.74) is 6.67. The molecule has 0 N–H and O–H groups in total. The Morgan fingerprint density at radius 3 is 1.42 bits per heavy atom. The normalized spacial score (nSPS) is 10.7. The van der Waals surface area contributed by atoms with Gasteiger partial charge < -0.3 is 0 Å². The molecule has 0 fully saturated rings. The van der Waals surface area contributed by atoms with Crippen molar-refractivity contribution in [2.75, 3.05) is 0 Å². The van der Waals surface area contributed by atoms with E-state index in [0.29, 0.717) is 17.5 Å². The van der Waals surface area contributed by atoms with Gasteiger partial charge in [-0.15, -0.1) is 0 Å². The molecule has 0 saturated heterocycles. The standard InChI is InChI=1S/C28H21N3/c1-20-29-27(22-12-6-3-7-13-22)31-28(30-20)26-17-9-16-25(19-26)24-15-8-14-23(18-24)21-10-4-2-5-11-21/h2-19H,1H3. The van der Waals surface area contributed by atoms with Gasteiger partial charge in [-0.3, -0.25) is 0 Å². The lowest BCUT2D eigenvalue weighted by Gasteiger charge is -2.09. The molecule has 0 spiro atoms. The highest BCUT2D eigenvalue weighted by atomic mass is 15.0. The van der Waals surface area contributed by atoms with E-state index in [9.17, 15) is 0 Å². The summed E-state index contributed by atoms with van der Waals surface area (Å²) in [6.07, 6.45) is 0. The van der Waals surface area contributed by atoms with Crippen LogP contribution in [0.15, 0.2) is 109 Å². The number of aromatic nitrogens is 3. The van der Waals surface area contributed by atoms with Gasteiger partial charge in [0.15, 0.2) is 11.6 Å². The predicted molar refractivity (Wildman–Crippen MR) is 126 cm³/mol. The Morgan fingerprint density at radius 2 is 0.806 bits per heavy atom. The molecular weight excluding hydrogens is 378 g/mol. The first-order valence-electron chi connectivity index (χ1n) is 10.3. The monoisotopic (exact) mass is 399 g/mol. The Balaban J connectivity index is 1.54. The maximum absolute atomic E-state index is 4.75. The van der Waals surface area contributed by atoms with Crippen LogP contribution in [0.25, 0.3) is 45.0 Å². The molecule has 5 rings (SSSR count). The van der Waals surface area contributed by atoms with E-state index in [4.69, 9.17) is 4.98 Å². The van der Waals surface area contributed by atoms with Crippen molar-refractivity contribution in [3.8, 4) is 45.0 Å². The first-order chi connectivity index (χ1) is 15.3. The summed E-state index contributed by atoms with van der Waals surface area (Å²) in [4.78, 5) is 13.9. The van der Waals surface area contributed by atoms with Crippen LogP contribution >= 0.6 is 0 Å². The molecule has 0 aliphatic rings. The molecule has 31 heavy (non-hydrogen) atoms. The van der Waals surface area contributed by atoms with Gasteiger partial charge in [-0.25, -0.2) is 15.0 Å². The average molecular weight is 399 g/mol. The Kier molecular flexibility index (Phi) is 5.07. The molecule has 0 atom stereocenters. The maximum Gasteiger partial charge on any atom is 0.163 e. The minimum atomic E-state index is 0.687. The van der Waals surface area contributed by atoms with Gasteiger partial charge in [0.25, 0.3) is 0 Å². The van der Waals surface area contributed by atoms with Crippen molar-refractivity contribution in [3.05, 3.63) is 115 Å². The third kappa shape index (κ3) is 4.12. The second-order valence-corrected chi connectivity index (χ2v) is 7.42. The number of aryl methyl sites for hydroxylation is 1. The van der Waals surface area contributed by atoms with E-state index < -0.39 is 0 Å². The first kappa shape index (κ1) is 18.9. The SMILES string of the molecule is Cc1nc(-c2ccccc2)nc(-c2cccc(-c3cccc(-c4ccccc4)c3)c2)n1. The summed E-state index contributed by atoms with van der Waals surface area (Å²) < 4.78 is 0. The fraction of sp³-hybridized carbons (Fsp3) is 0.0357. The Morgan fingerprint density at radius 1 is 0.387 bits per heavy atom. The van der Waals surface area contributed by atoms with Crippen molar-refractivity contribution in [1.82, 2.24) is 15.0 Å². The molecule has 0 saturated carbocycles. The minimum Gasteiger partial charge on any atom is -0.213 e. The van der Waals surface area contributed by atoms with E-state index in [0.717, 1.165) is 22.3 Å². The first-order valence-corrected chi connectivity index (χ1v) is 10.3. The van der Waals surface area contributed by atoms with Crippen molar-refractivity contribution >= 4 is 0 Å².